The van der Waals surface area contributed by atoms with Crippen molar-refractivity contribution in [3.8, 4) is 0 Å². The van der Waals surface area contributed by atoms with E-state index in [1.807, 2.05) is 0 Å². The molecule has 0 atom stereocenters. The van der Waals surface area contributed by atoms with Crippen molar-refractivity contribution in [2.24, 2.45) is 0 Å². The monoisotopic (exact) mass is 226 g/mol. The van der Waals surface area contributed by atoms with Gasteiger partial charge in [0.2, 0.25) is 12.2 Å². The summed E-state index contributed by atoms with van der Waals surface area (Å²) in [4.78, 5) is 25.6. The van der Waals surface area contributed by atoms with Crippen molar-refractivity contribution in [1.82, 2.24) is 0 Å². The molecule has 15 heavy (non-hydrogen) atoms. The van der Waals surface area contributed by atoms with Crippen LogP contribution in [0.3, 0.4) is 0 Å². The predicted octanol–water partition coefficient (Wildman–Crippen LogP) is 2.77. The molecule has 2 N–H and O–H groups in total. The Morgan fingerprint density at radius 2 is 1.00 bits per heavy atom. The summed E-state index contributed by atoms with van der Waals surface area (Å²) in [5.74, 6) is 0. The van der Waals surface area contributed by atoms with Crippen LogP contribution in [0.4, 0.5) is 0 Å². The predicted molar refractivity (Wildman–Crippen MR) is 63.6 cm³/mol. The third-order valence-electron chi connectivity index (χ3n) is 0.0962. The topological polar surface area (TPSA) is 108 Å². The number of carbonyl (C=O) groups is 1. The van der Waals surface area contributed by atoms with Crippen LogP contribution in [0.15, 0.2) is 0 Å². The van der Waals surface area contributed by atoms with Crippen LogP contribution in [0.2, 0.25) is 0 Å². The van der Waals surface area contributed by atoms with Crippen LogP contribution in [0, 0.1) is 10.8 Å². The molecule has 0 aromatic carbocycles. The van der Waals surface area contributed by atoms with E-state index in [0.717, 1.165) is 12.2 Å². The number of carbonyl (C=O) groups excluding carboxylic acids is 3. The molecular formula is C9H26N2O4. The highest BCUT2D eigenvalue weighted by Gasteiger charge is 1.44. The van der Waals surface area contributed by atoms with Crippen molar-refractivity contribution < 1.29 is 19.1 Å². The van der Waals surface area contributed by atoms with Crippen molar-refractivity contribution in [2.75, 3.05) is 7.11 Å². The van der Waals surface area contributed by atoms with Gasteiger partial charge in [0, 0.05) is 0 Å². The second kappa shape index (κ2) is 310. The number of rotatable bonds is 1. The zero-order valence-electron chi connectivity index (χ0n) is 5.21. The number of isocyanates is 2. The van der Waals surface area contributed by atoms with Crippen molar-refractivity contribution in [3.05, 3.63) is 0 Å². The normalized spacial score (nSPS) is 2.47. The Morgan fingerprint density at radius 1 is 0.933 bits per heavy atom. The van der Waals surface area contributed by atoms with Gasteiger partial charge in [0.1, 0.15) is 0 Å². The van der Waals surface area contributed by atoms with Gasteiger partial charge in [0.15, 0.2) is 0 Å². The minimum atomic E-state index is 0. The van der Waals surface area contributed by atoms with Crippen LogP contribution in [0.25, 0.3) is 0 Å². The molecule has 0 aliphatic heterocycles. The minimum absolute atomic E-state index is 0. The molecular weight excluding hydrogens is 200 g/mol. The van der Waals surface area contributed by atoms with Crippen LogP contribution in [0.1, 0.15) is 37.1 Å². The summed E-state index contributed by atoms with van der Waals surface area (Å²) < 4.78 is 3.86. The molecule has 0 saturated carbocycles. The Morgan fingerprint density at radius 3 is 1.00 bits per heavy atom. The Kier molecular flexibility index (Phi) is 1500. The quantitative estimate of drug-likeness (QED) is 0.407. The first-order valence-corrected chi connectivity index (χ1v) is 1.79. The zero-order chi connectivity index (χ0) is 8.83. The highest BCUT2D eigenvalue weighted by atomic mass is 16.5. The molecule has 0 amide bonds. The van der Waals surface area contributed by atoms with E-state index in [-0.39, 0.29) is 37.1 Å². The fraction of sp³-hybridized carbons (Fsp3) is 0.667. The molecule has 0 aliphatic carbocycles. The molecule has 0 aromatic rings. The summed E-state index contributed by atoms with van der Waals surface area (Å²) in [5, 5.41) is 10.8. The summed E-state index contributed by atoms with van der Waals surface area (Å²) in [6, 6.07) is 0. The van der Waals surface area contributed by atoms with Crippen LogP contribution in [-0.2, 0) is 19.1 Å². The fourth-order valence-corrected chi connectivity index (χ4v) is 0. The number of hydrogen-bond donors (Lipinski definition) is 2. The van der Waals surface area contributed by atoms with E-state index in [1.54, 1.807) is 0 Å². The first kappa shape index (κ1) is 72.3. The van der Waals surface area contributed by atoms with E-state index in [1.165, 1.54) is 7.11 Å². The molecule has 0 saturated heterocycles. The molecule has 0 aliphatic rings. The van der Waals surface area contributed by atoms with E-state index in [4.69, 9.17) is 25.2 Å². The molecule has 0 heterocycles. The average molecular weight is 226 g/mol. The average Bonchev–Trinajstić information content (AvgIpc) is 1.91. The van der Waals surface area contributed by atoms with Crippen molar-refractivity contribution in [3.63, 3.8) is 0 Å². The highest BCUT2D eigenvalue weighted by molar-refractivity contribution is 5.36. The largest absolute Gasteiger partial charge is 0.471 e. The summed E-state index contributed by atoms with van der Waals surface area (Å²) in [7, 11) is 1.31. The third kappa shape index (κ3) is 2160. The van der Waals surface area contributed by atoms with E-state index in [0.29, 0.717) is 6.47 Å². The number of nitrogens with one attached hydrogen (secondary N) is 2. The maximum atomic E-state index is 8.95. The second-order valence-electron chi connectivity index (χ2n) is 0.536. The minimum Gasteiger partial charge on any atom is -0.471 e. The zero-order valence-corrected chi connectivity index (χ0v) is 5.21. The Hall–Kier alpha value is -1.77. The molecule has 96 valence electrons. The van der Waals surface area contributed by atoms with Gasteiger partial charge < -0.3 is 4.74 Å². The van der Waals surface area contributed by atoms with Crippen molar-refractivity contribution >= 4 is 18.6 Å². The Labute approximate surface area is 93.7 Å². The molecule has 0 fully saturated rings. The molecule has 0 bridgehead atoms. The Balaban J connectivity index is -0.00000000707. The lowest BCUT2D eigenvalue weighted by atomic mass is 11.5. The van der Waals surface area contributed by atoms with E-state index in [2.05, 4.69) is 4.74 Å². The SMILES string of the molecule is C.C.C.C.C.COC=O.N=C=O.N=C=O. The summed E-state index contributed by atoms with van der Waals surface area (Å²) in [6.45, 7) is 0.375. The van der Waals surface area contributed by atoms with Gasteiger partial charge >= 0.3 is 0 Å². The number of ether oxygens (including phenoxy) is 1. The lowest BCUT2D eigenvalue weighted by molar-refractivity contribution is -0.126. The second-order valence-corrected chi connectivity index (χ2v) is 0.536. The van der Waals surface area contributed by atoms with Crippen molar-refractivity contribution in [1.29, 1.82) is 10.8 Å². The molecule has 0 rings (SSSR count). The van der Waals surface area contributed by atoms with Crippen LogP contribution < -0.4 is 0 Å². The summed E-state index contributed by atoms with van der Waals surface area (Å²) in [6.07, 6.45) is 1.50. The van der Waals surface area contributed by atoms with Gasteiger partial charge in [-0.25, -0.2) is 20.4 Å². The Bertz CT molecular complexity index is 114. The number of methoxy groups -OCH3 is 1. The molecule has 6 nitrogen and oxygen atoms in total. The van der Waals surface area contributed by atoms with E-state index < -0.39 is 0 Å². The smallest absolute Gasteiger partial charge is 0.292 e. The molecule has 0 spiro atoms. The van der Waals surface area contributed by atoms with Crippen LogP contribution in [-0.4, -0.2) is 25.7 Å². The van der Waals surface area contributed by atoms with E-state index >= 15 is 0 Å². The fourth-order valence-electron chi connectivity index (χ4n) is 0. The molecule has 0 unspecified atom stereocenters. The van der Waals surface area contributed by atoms with Gasteiger partial charge in [-0.3, -0.25) is 4.79 Å². The lowest BCUT2D eigenvalue weighted by Crippen LogP contribution is -1.68. The maximum Gasteiger partial charge on any atom is 0.292 e. The van der Waals surface area contributed by atoms with Gasteiger partial charge in [0.25, 0.3) is 6.47 Å². The van der Waals surface area contributed by atoms with Gasteiger partial charge in [-0.05, 0) is 0 Å². The van der Waals surface area contributed by atoms with Crippen molar-refractivity contribution in [2.45, 2.75) is 37.1 Å². The lowest BCUT2D eigenvalue weighted by Gasteiger charge is -1.67. The highest BCUT2D eigenvalue weighted by Crippen LogP contribution is 1.35. The standard InChI is InChI=1S/C2H4O2.2CHNO.5CH4/c1-4-2-3;2*2-1-3;;;;;/h2H,1H3;2*2H;5*1H4. The van der Waals surface area contributed by atoms with Gasteiger partial charge in [-0.15, -0.1) is 0 Å². The molecule has 0 radical (unpaired) electrons. The van der Waals surface area contributed by atoms with Crippen LogP contribution in [0.5, 0.6) is 0 Å². The number of hydrogen-bond acceptors (Lipinski definition) is 6. The molecule has 6 heteroatoms. The van der Waals surface area contributed by atoms with Gasteiger partial charge in [0.05, 0.1) is 7.11 Å². The first-order chi connectivity index (χ1) is 4.74. The first-order valence-electron chi connectivity index (χ1n) is 1.79. The van der Waals surface area contributed by atoms with Crippen LogP contribution >= 0.6 is 0 Å². The van der Waals surface area contributed by atoms with E-state index in [9.17, 15) is 0 Å². The van der Waals surface area contributed by atoms with Gasteiger partial charge in [-0.2, -0.15) is 0 Å². The van der Waals surface area contributed by atoms with Gasteiger partial charge in [-0.1, -0.05) is 37.1 Å². The molecule has 0 aromatic heterocycles. The summed E-state index contributed by atoms with van der Waals surface area (Å²) in [5.41, 5.74) is 0. The maximum absolute atomic E-state index is 8.95. The summed E-state index contributed by atoms with van der Waals surface area (Å²) >= 11 is 0. The third-order valence-corrected chi connectivity index (χ3v) is 0.0962.